The molecule has 2 aromatic carbocycles. The van der Waals surface area contributed by atoms with Gasteiger partial charge in [0.05, 0.1) is 18.1 Å². The summed E-state index contributed by atoms with van der Waals surface area (Å²) < 4.78 is 38.8. The largest absolute Gasteiger partial charge is 0.490 e. The van der Waals surface area contributed by atoms with Gasteiger partial charge in [-0.15, -0.1) is 0 Å². The summed E-state index contributed by atoms with van der Waals surface area (Å²) in [7, 11) is -3.59. The van der Waals surface area contributed by atoms with Gasteiger partial charge in [-0.1, -0.05) is 17.7 Å². The molecule has 0 bridgehead atoms. The van der Waals surface area contributed by atoms with E-state index in [1.807, 2.05) is 39.8 Å². The fraction of sp³-hybridized carbons (Fsp3) is 0.435. The Morgan fingerprint density at radius 1 is 0.903 bits per heavy atom. The summed E-state index contributed by atoms with van der Waals surface area (Å²) in [5.74, 6) is 0.990. The Morgan fingerprint density at radius 2 is 1.55 bits per heavy atom. The molecule has 0 aromatic heterocycles. The zero-order valence-electron chi connectivity index (χ0n) is 18.6. The molecule has 0 radical (unpaired) electrons. The smallest absolute Gasteiger partial charge is 0.254 e. The first-order valence-corrected chi connectivity index (χ1v) is 12.0. The standard InChI is InChI=1S/C23H30N2O5S/c1-5-29-20-9-8-19(16-21(20)30-6-2)23(26)24-11-13-25(14-12-24)31(27,28)22-10-7-17(3)15-18(22)4/h7-10,15-16H,5-6,11-14H2,1-4H3. The molecule has 0 aliphatic carbocycles. The highest BCUT2D eigenvalue weighted by Gasteiger charge is 2.31. The van der Waals surface area contributed by atoms with Gasteiger partial charge in [-0.3, -0.25) is 4.79 Å². The average Bonchev–Trinajstić information content (AvgIpc) is 2.74. The minimum atomic E-state index is -3.59. The van der Waals surface area contributed by atoms with Gasteiger partial charge in [0.15, 0.2) is 11.5 Å². The van der Waals surface area contributed by atoms with Crippen molar-refractivity contribution in [1.29, 1.82) is 0 Å². The van der Waals surface area contributed by atoms with Crippen LogP contribution in [-0.2, 0) is 10.0 Å². The summed E-state index contributed by atoms with van der Waals surface area (Å²) in [4.78, 5) is 15.0. The number of hydrogen-bond acceptors (Lipinski definition) is 5. The Balaban J connectivity index is 1.72. The van der Waals surface area contributed by atoms with E-state index in [-0.39, 0.29) is 19.0 Å². The number of sulfonamides is 1. The molecule has 1 saturated heterocycles. The van der Waals surface area contributed by atoms with Crippen molar-refractivity contribution in [2.75, 3.05) is 39.4 Å². The second-order valence-corrected chi connectivity index (χ2v) is 9.40. The molecule has 31 heavy (non-hydrogen) atoms. The van der Waals surface area contributed by atoms with Crippen LogP contribution in [0, 0.1) is 13.8 Å². The summed E-state index contributed by atoms with van der Waals surface area (Å²) in [6.45, 7) is 9.66. The van der Waals surface area contributed by atoms with Crippen molar-refractivity contribution < 1.29 is 22.7 Å². The Hall–Kier alpha value is -2.58. The number of benzene rings is 2. The van der Waals surface area contributed by atoms with Crippen molar-refractivity contribution in [1.82, 2.24) is 9.21 Å². The van der Waals surface area contributed by atoms with Crippen molar-refractivity contribution in [3.63, 3.8) is 0 Å². The third-order valence-corrected chi connectivity index (χ3v) is 7.32. The van der Waals surface area contributed by atoms with E-state index in [0.717, 1.165) is 11.1 Å². The van der Waals surface area contributed by atoms with E-state index in [4.69, 9.17) is 9.47 Å². The van der Waals surface area contributed by atoms with Crippen LogP contribution < -0.4 is 9.47 Å². The van der Waals surface area contributed by atoms with E-state index in [1.54, 1.807) is 29.2 Å². The minimum absolute atomic E-state index is 0.146. The topological polar surface area (TPSA) is 76.2 Å². The van der Waals surface area contributed by atoms with Crippen molar-refractivity contribution in [3.05, 3.63) is 53.1 Å². The maximum Gasteiger partial charge on any atom is 0.254 e. The third kappa shape index (κ3) is 5.02. The van der Waals surface area contributed by atoms with Gasteiger partial charge in [0.1, 0.15) is 0 Å². The first kappa shape index (κ1) is 23.1. The molecule has 8 heteroatoms. The molecule has 3 rings (SSSR count). The second kappa shape index (κ2) is 9.70. The quantitative estimate of drug-likeness (QED) is 0.653. The van der Waals surface area contributed by atoms with Crippen LogP contribution in [0.3, 0.4) is 0 Å². The van der Waals surface area contributed by atoms with Gasteiger partial charge in [-0.05, 0) is 57.5 Å². The molecule has 1 fully saturated rings. The molecule has 0 atom stereocenters. The maximum absolute atomic E-state index is 13.1. The average molecular weight is 447 g/mol. The fourth-order valence-corrected chi connectivity index (χ4v) is 5.35. The number of amides is 1. The lowest BCUT2D eigenvalue weighted by Crippen LogP contribution is -2.50. The number of aryl methyl sites for hydroxylation is 2. The molecular formula is C23H30N2O5S. The lowest BCUT2D eigenvalue weighted by molar-refractivity contribution is 0.0697. The van der Waals surface area contributed by atoms with E-state index in [1.165, 1.54) is 4.31 Å². The summed E-state index contributed by atoms with van der Waals surface area (Å²) in [5, 5.41) is 0. The maximum atomic E-state index is 13.1. The van der Waals surface area contributed by atoms with Crippen molar-refractivity contribution in [2.45, 2.75) is 32.6 Å². The van der Waals surface area contributed by atoms with E-state index in [9.17, 15) is 13.2 Å². The lowest BCUT2D eigenvalue weighted by Gasteiger charge is -2.34. The Morgan fingerprint density at radius 3 is 2.16 bits per heavy atom. The number of nitrogens with zero attached hydrogens (tertiary/aromatic N) is 2. The predicted molar refractivity (Wildman–Crippen MR) is 119 cm³/mol. The molecule has 1 aliphatic rings. The molecular weight excluding hydrogens is 416 g/mol. The van der Waals surface area contributed by atoms with Gasteiger partial charge in [0, 0.05) is 31.7 Å². The number of carbonyl (C=O) groups is 1. The summed E-state index contributed by atoms with van der Waals surface area (Å²) in [6.07, 6.45) is 0. The normalized spacial score (nSPS) is 15.0. The Bertz CT molecular complexity index is 1040. The van der Waals surface area contributed by atoms with E-state index < -0.39 is 10.0 Å². The van der Waals surface area contributed by atoms with Gasteiger partial charge >= 0.3 is 0 Å². The number of hydrogen-bond donors (Lipinski definition) is 0. The van der Waals surface area contributed by atoms with E-state index >= 15 is 0 Å². The molecule has 0 N–H and O–H groups in total. The van der Waals surface area contributed by atoms with E-state index in [2.05, 4.69) is 0 Å². The van der Waals surface area contributed by atoms with Crippen LogP contribution in [0.2, 0.25) is 0 Å². The molecule has 1 amide bonds. The van der Waals surface area contributed by atoms with Crippen molar-refractivity contribution in [3.8, 4) is 11.5 Å². The van der Waals surface area contributed by atoms with Crippen molar-refractivity contribution in [2.24, 2.45) is 0 Å². The van der Waals surface area contributed by atoms with Crippen LogP contribution in [0.15, 0.2) is 41.3 Å². The second-order valence-electron chi connectivity index (χ2n) is 7.49. The SMILES string of the molecule is CCOc1ccc(C(=O)N2CCN(S(=O)(=O)c3ccc(C)cc3C)CC2)cc1OCC. The summed E-state index contributed by atoms with van der Waals surface area (Å²) in [6, 6.07) is 10.5. The highest BCUT2D eigenvalue weighted by Crippen LogP contribution is 2.29. The molecule has 1 heterocycles. The highest BCUT2D eigenvalue weighted by molar-refractivity contribution is 7.89. The van der Waals surface area contributed by atoms with Crippen LogP contribution in [0.5, 0.6) is 11.5 Å². The molecule has 2 aromatic rings. The van der Waals surface area contributed by atoms with Crippen LogP contribution >= 0.6 is 0 Å². The summed E-state index contributed by atoms with van der Waals surface area (Å²) in [5.41, 5.74) is 2.25. The van der Waals surface area contributed by atoms with Gasteiger partial charge in [0.25, 0.3) is 5.91 Å². The first-order chi connectivity index (χ1) is 14.8. The molecule has 1 aliphatic heterocycles. The zero-order valence-corrected chi connectivity index (χ0v) is 19.4. The van der Waals surface area contributed by atoms with Crippen molar-refractivity contribution >= 4 is 15.9 Å². The zero-order chi connectivity index (χ0) is 22.6. The minimum Gasteiger partial charge on any atom is -0.490 e. The van der Waals surface area contributed by atoms with Crippen LogP contribution in [0.25, 0.3) is 0 Å². The molecule has 0 unspecified atom stereocenters. The van der Waals surface area contributed by atoms with Gasteiger partial charge in [-0.2, -0.15) is 4.31 Å². The number of rotatable bonds is 7. The fourth-order valence-electron chi connectivity index (χ4n) is 3.73. The van der Waals surface area contributed by atoms with Crippen LogP contribution in [0.4, 0.5) is 0 Å². The number of ether oxygens (including phenoxy) is 2. The number of carbonyl (C=O) groups excluding carboxylic acids is 1. The Labute approximate surface area is 184 Å². The third-order valence-electron chi connectivity index (χ3n) is 5.26. The molecule has 168 valence electrons. The van der Waals surface area contributed by atoms with Gasteiger partial charge in [0.2, 0.25) is 10.0 Å². The molecule has 0 saturated carbocycles. The lowest BCUT2D eigenvalue weighted by atomic mass is 10.1. The van der Waals surface area contributed by atoms with Gasteiger partial charge in [-0.25, -0.2) is 8.42 Å². The predicted octanol–water partition coefficient (Wildman–Crippen LogP) is 3.25. The summed E-state index contributed by atoms with van der Waals surface area (Å²) >= 11 is 0. The van der Waals surface area contributed by atoms with Crippen LogP contribution in [0.1, 0.15) is 35.3 Å². The highest BCUT2D eigenvalue weighted by atomic mass is 32.2. The molecule has 0 spiro atoms. The number of piperazine rings is 1. The first-order valence-electron chi connectivity index (χ1n) is 10.5. The monoisotopic (exact) mass is 446 g/mol. The Kier molecular flexibility index (Phi) is 7.23. The van der Waals surface area contributed by atoms with Crippen LogP contribution in [-0.4, -0.2) is 62.9 Å². The van der Waals surface area contributed by atoms with E-state index in [0.29, 0.717) is 48.3 Å². The molecule has 7 nitrogen and oxygen atoms in total. The van der Waals surface area contributed by atoms with Gasteiger partial charge < -0.3 is 14.4 Å².